The van der Waals surface area contributed by atoms with Gasteiger partial charge >= 0.3 is 5.97 Å². The van der Waals surface area contributed by atoms with E-state index in [1.165, 1.54) is 12.8 Å². The van der Waals surface area contributed by atoms with Crippen LogP contribution in [0.15, 0.2) is 0 Å². The lowest BCUT2D eigenvalue weighted by molar-refractivity contribution is -0.145. The third-order valence-corrected chi connectivity index (χ3v) is 4.22. The molecule has 3 atom stereocenters. The molecule has 98 valence electrons. The lowest BCUT2D eigenvalue weighted by Crippen LogP contribution is -2.51. The quantitative estimate of drug-likeness (QED) is 0.749. The summed E-state index contributed by atoms with van der Waals surface area (Å²) in [6.45, 7) is 4.21. The second-order valence-corrected chi connectivity index (χ2v) is 5.36. The highest BCUT2D eigenvalue weighted by Crippen LogP contribution is 2.34. The van der Waals surface area contributed by atoms with Crippen LogP contribution >= 0.6 is 0 Å². The van der Waals surface area contributed by atoms with Crippen LogP contribution in [0, 0.1) is 0 Å². The molecule has 2 aliphatic heterocycles. The molecule has 2 fully saturated rings. The van der Waals surface area contributed by atoms with Gasteiger partial charge in [-0.3, -0.25) is 4.79 Å². The van der Waals surface area contributed by atoms with Crippen molar-refractivity contribution in [3.8, 4) is 0 Å². The second kappa shape index (κ2) is 5.36. The van der Waals surface area contributed by atoms with Gasteiger partial charge in [-0.1, -0.05) is 0 Å². The molecule has 2 aliphatic rings. The minimum atomic E-state index is -0.178. The number of nitrogens with one attached hydrogen (secondary N) is 1. The summed E-state index contributed by atoms with van der Waals surface area (Å²) in [5.74, 6) is -0.126. The van der Waals surface area contributed by atoms with Crippen molar-refractivity contribution in [1.29, 1.82) is 0 Å². The largest absolute Gasteiger partial charge is 0.465 e. The van der Waals surface area contributed by atoms with Crippen molar-refractivity contribution in [2.45, 2.75) is 63.7 Å². The summed E-state index contributed by atoms with van der Waals surface area (Å²) in [6.07, 6.45) is 4.95. The molecule has 1 N–H and O–H groups in total. The minimum Gasteiger partial charge on any atom is -0.465 e. The molecular formula is C13H24N2O2. The first-order chi connectivity index (χ1) is 8.11. The molecule has 17 heavy (non-hydrogen) atoms. The Balaban J connectivity index is 1.83. The van der Waals surface area contributed by atoms with Crippen LogP contribution < -0.4 is 5.32 Å². The minimum absolute atomic E-state index is 0.126. The maximum absolute atomic E-state index is 11.6. The molecule has 0 radical (unpaired) electrons. The van der Waals surface area contributed by atoms with E-state index in [9.17, 15) is 4.79 Å². The van der Waals surface area contributed by atoms with Gasteiger partial charge in [0, 0.05) is 18.1 Å². The number of nitrogens with zero attached hydrogens (tertiary/aromatic N) is 1. The van der Waals surface area contributed by atoms with Crippen LogP contribution in [0.5, 0.6) is 0 Å². The van der Waals surface area contributed by atoms with E-state index in [1.807, 2.05) is 13.8 Å². The topological polar surface area (TPSA) is 41.6 Å². The average molecular weight is 240 g/mol. The number of esters is 1. The van der Waals surface area contributed by atoms with Crippen LogP contribution in [0.25, 0.3) is 0 Å². The first-order valence-corrected chi connectivity index (χ1v) is 6.76. The highest BCUT2D eigenvalue weighted by Gasteiger charge is 2.38. The zero-order chi connectivity index (χ0) is 12.4. The Bertz CT molecular complexity index is 269. The zero-order valence-corrected chi connectivity index (χ0v) is 11.1. The van der Waals surface area contributed by atoms with E-state index in [-0.39, 0.29) is 12.0 Å². The lowest BCUT2D eigenvalue weighted by atomic mass is 9.97. The molecule has 2 bridgehead atoms. The Labute approximate surface area is 104 Å². The fourth-order valence-corrected chi connectivity index (χ4v) is 3.24. The van der Waals surface area contributed by atoms with E-state index in [1.54, 1.807) is 0 Å². The van der Waals surface area contributed by atoms with E-state index >= 15 is 0 Å². The Hall–Kier alpha value is -0.610. The van der Waals surface area contributed by atoms with Gasteiger partial charge in [-0.05, 0) is 46.6 Å². The Morgan fingerprint density at radius 1 is 1.41 bits per heavy atom. The number of piperidine rings is 1. The maximum Gasteiger partial charge on any atom is 0.322 e. The van der Waals surface area contributed by atoms with Gasteiger partial charge in [0.25, 0.3) is 0 Å². The van der Waals surface area contributed by atoms with Gasteiger partial charge in [0.2, 0.25) is 0 Å². The van der Waals surface area contributed by atoms with Gasteiger partial charge in [-0.25, -0.2) is 0 Å². The summed E-state index contributed by atoms with van der Waals surface area (Å²) >= 11 is 0. The summed E-state index contributed by atoms with van der Waals surface area (Å²) in [6, 6.07) is 1.71. The highest BCUT2D eigenvalue weighted by atomic mass is 16.5. The zero-order valence-electron chi connectivity index (χ0n) is 11.1. The molecule has 0 spiro atoms. The van der Waals surface area contributed by atoms with Crippen LogP contribution in [-0.4, -0.2) is 48.7 Å². The first kappa shape index (κ1) is 12.8. The van der Waals surface area contributed by atoms with E-state index in [0.717, 1.165) is 12.8 Å². The average Bonchev–Trinajstić information content (AvgIpc) is 2.53. The van der Waals surface area contributed by atoms with E-state index in [0.29, 0.717) is 24.7 Å². The van der Waals surface area contributed by atoms with Crippen molar-refractivity contribution in [3.05, 3.63) is 0 Å². The third-order valence-electron chi connectivity index (χ3n) is 4.22. The molecule has 0 aromatic carbocycles. The summed E-state index contributed by atoms with van der Waals surface area (Å²) in [7, 11) is 2.23. The van der Waals surface area contributed by atoms with Crippen molar-refractivity contribution in [1.82, 2.24) is 10.2 Å². The third kappa shape index (κ3) is 2.80. The van der Waals surface area contributed by atoms with Crippen molar-refractivity contribution in [3.63, 3.8) is 0 Å². The number of carbonyl (C=O) groups excluding carboxylic acids is 1. The van der Waals surface area contributed by atoms with Gasteiger partial charge in [-0.15, -0.1) is 0 Å². The number of hydrogen-bond donors (Lipinski definition) is 1. The van der Waals surface area contributed by atoms with Crippen LogP contribution in [0.2, 0.25) is 0 Å². The maximum atomic E-state index is 11.6. The molecule has 0 aliphatic carbocycles. The van der Waals surface area contributed by atoms with Crippen LogP contribution in [0.3, 0.4) is 0 Å². The summed E-state index contributed by atoms with van der Waals surface area (Å²) < 4.78 is 5.02. The standard InChI is InChI=1S/C13H24N2O2/c1-4-17-13(16)9(2)14-10-7-11-5-6-12(8-10)15(11)3/h9-12,14H,4-8H2,1-3H3. The lowest BCUT2D eigenvalue weighted by Gasteiger charge is -2.37. The van der Waals surface area contributed by atoms with Gasteiger partial charge in [0.05, 0.1) is 6.61 Å². The molecule has 4 heteroatoms. The smallest absolute Gasteiger partial charge is 0.322 e. The number of fused-ring (bicyclic) bond motifs is 2. The van der Waals surface area contributed by atoms with Gasteiger partial charge in [0.15, 0.2) is 0 Å². The van der Waals surface area contributed by atoms with Gasteiger partial charge in [-0.2, -0.15) is 0 Å². The number of rotatable bonds is 4. The van der Waals surface area contributed by atoms with Crippen molar-refractivity contribution in [2.75, 3.05) is 13.7 Å². The summed E-state index contributed by atoms with van der Waals surface area (Å²) in [5, 5.41) is 3.42. The van der Waals surface area contributed by atoms with Crippen molar-refractivity contribution in [2.24, 2.45) is 0 Å². The Morgan fingerprint density at radius 2 is 2.00 bits per heavy atom. The van der Waals surface area contributed by atoms with E-state index in [2.05, 4.69) is 17.3 Å². The van der Waals surface area contributed by atoms with E-state index in [4.69, 9.17) is 4.74 Å². The molecule has 2 heterocycles. The molecule has 0 amide bonds. The van der Waals surface area contributed by atoms with Crippen LogP contribution in [0.4, 0.5) is 0 Å². The molecule has 0 aromatic heterocycles. The van der Waals surface area contributed by atoms with Gasteiger partial charge < -0.3 is 15.0 Å². The highest BCUT2D eigenvalue weighted by molar-refractivity contribution is 5.75. The molecule has 0 saturated carbocycles. The monoisotopic (exact) mass is 240 g/mol. The van der Waals surface area contributed by atoms with E-state index < -0.39 is 0 Å². The number of ether oxygens (including phenoxy) is 1. The molecule has 2 saturated heterocycles. The van der Waals surface area contributed by atoms with Gasteiger partial charge in [0.1, 0.15) is 6.04 Å². The molecule has 0 aromatic rings. The predicted octanol–water partition coefficient (Wildman–Crippen LogP) is 1.15. The van der Waals surface area contributed by atoms with Crippen LogP contribution in [-0.2, 0) is 9.53 Å². The van der Waals surface area contributed by atoms with Crippen molar-refractivity contribution >= 4 is 5.97 Å². The summed E-state index contributed by atoms with van der Waals surface area (Å²) in [5.41, 5.74) is 0. The SMILES string of the molecule is CCOC(=O)C(C)NC1CC2CCC(C1)N2C. The predicted molar refractivity (Wildman–Crippen MR) is 66.8 cm³/mol. The normalized spacial score (nSPS) is 34.6. The summed E-state index contributed by atoms with van der Waals surface area (Å²) in [4.78, 5) is 14.1. The molecule has 4 nitrogen and oxygen atoms in total. The molecule has 2 rings (SSSR count). The molecular weight excluding hydrogens is 216 g/mol. The number of hydrogen-bond acceptors (Lipinski definition) is 4. The van der Waals surface area contributed by atoms with Crippen LogP contribution in [0.1, 0.15) is 39.5 Å². The second-order valence-electron chi connectivity index (χ2n) is 5.36. The Kier molecular flexibility index (Phi) is 4.05. The number of carbonyl (C=O) groups is 1. The molecule has 3 unspecified atom stereocenters. The van der Waals surface area contributed by atoms with Crippen molar-refractivity contribution < 1.29 is 9.53 Å². The first-order valence-electron chi connectivity index (χ1n) is 6.76. The Morgan fingerprint density at radius 3 is 2.53 bits per heavy atom. The fourth-order valence-electron chi connectivity index (χ4n) is 3.24. The fraction of sp³-hybridized carbons (Fsp3) is 0.923.